The average Bonchev–Trinajstić information content (AvgIpc) is 3.79. The Kier molecular flexibility index (Phi) is 10.5. The van der Waals surface area contributed by atoms with Crippen LogP contribution in [0.15, 0.2) is 143 Å². The topological polar surface area (TPSA) is 52.1 Å². The molecule has 4 heterocycles. The predicted octanol–water partition coefficient (Wildman–Crippen LogP) is 13.4. The monoisotopic (exact) mass is 989 g/mol. The van der Waals surface area contributed by atoms with Gasteiger partial charge in [-0.05, 0) is 29.6 Å². The van der Waals surface area contributed by atoms with Crippen LogP contribution in [0.4, 0.5) is 0 Å². The number of nitrogens with zero attached hydrogens (tertiary/aromatic N) is 2. The summed E-state index contributed by atoms with van der Waals surface area (Å²) >= 11 is -1.91. The smallest absolute Gasteiger partial charge is 0.120 e. The second kappa shape index (κ2) is 15.9. The number of hydrogen-bond donors (Lipinski definition) is 0. The van der Waals surface area contributed by atoms with Gasteiger partial charge < -0.3 is 9.40 Å². The molecule has 9 rings (SSSR count). The maximum atomic E-state index is 8.51. The van der Waals surface area contributed by atoms with Gasteiger partial charge in [0.05, 0.1) is 5.58 Å². The van der Waals surface area contributed by atoms with Gasteiger partial charge in [0.2, 0.25) is 0 Å². The molecule has 289 valence electrons. The zero-order valence-electron chi connectivity index (χ0n) is 35.7. The van der Waals surface area contributed by atoms with E-state index in [4.69, 9.17) is 16.6 Å². The summed E-state index contributed by atoms with van der Waals surface area (Å²) in [5.74, 6) is 7.16. The molecule has 5 aromatic carbocycles. The van der Waals surface area contributed by atoms with Crippen molar-refractivity contribution in [2.45, 2.75) is 63.7 Å². The minimum absolute atomic E-state index is 0. The first-order valence-electron chi connectivity index (χ1n) is 20.2. The van der Waals surface area contributed by atoms with Crippen molar-refractivity contribution in [3.63, 3.8) is 0 Å². The van der Waals surface area contributed by atoms with Crippen molar-refractivity contribution in [3.8, 4) is 22.5 Å². The fourth-order valence-corrected chi connectivity index (χ4v) is 9.52. The second-order valence-corrected chi connectivity index (χ2v) is 27.7. The quantitative estimate of drug-likeness (QED) is 0.123. The number of hydrogen-bond acceptors (Lipinski definition) is 4. The van der Waals surface area contributed by atoms with Crippen LogP contribution in [0.5, 0.6) is 0 Å². The first-order chi connectivity index (χ1) is 27.5. The zero-order chi connectivity index (χ0) is 41.0. The van der Waals surface area contributed by atoms with Crippen LogP contribution in [0.1, 0.15) is 54.1 Å². The Hall–Kier alpha value is -4.81. The van der Waals surface area contributed by atoms with Crippen LogP contribution in [0.25, 0.3) is 66.4 Å². The van der Waals surface area contributed by atoms with Crippen LogP contribution in [-0.2, 0) is 31.9 Å². The summed E-state index contributed by atoms with van der Waals surface area (Å²) in [4.78, 5) is 9.26. The number of fused-ring (bicyclic) bond motifs is 6. The molecule has 0 aliphatic rings. The van der Waals surface area contributed by atoms with Crippen LogP contribution in [0.3, 0.4) is 0 Å². The number of para-hydroxylation sites is 2. The fourth-order valence-electron chi connectivity index (χ4n) is 7.35. The first-order valence-corrected chi connectivity index (χ1v) is 26.6. The molecule has 0 aliphatic heterocycles. The maximum absolute atomic E-state index is 8.51. The van der Waals surface area contributed by atoms with Gasteiger partial charge in [-0.2, -0.15) is 0 Å². The van der Waals surface area contributed by atoms with Crippen molar-refractivity contribution in [1.82, 2.24) is 9.97 Å². The van der Waals surface area contributed by atoms with Gasteiger partial charge >= 0.3 is 175 Å². The standard InChI is InChI=1S/C29H28GeNO.C22H20NO.Ir/c1-29(2,20-11-7-6-8-12-20)25-16-10-14-23-22-13-9-15-24(27(22)32-28(23)25)26-18-17-21(19-31-26)30(3,4)5;1-22(2,3)14-15-10-11-23-19(12-15)16-8-9-21-18(13-16)17-6-4-5-7-20(17)24-21;/h6-14,16-19H,1-5H3;4-7,9-13H,14H2,1-3H3;/q2*-1;/i;14D2;. The third kappa shape index (κ3) is 8.30. The Morgan fingerprint density at radius 2 is 1.40 bits per heavy atom. The Labute approximate surface area is 355 Å². The van der Waals surface area contributed by atoms with Crippen LogP contribution >= 0.6 is 0 Å². The van der Waals surface area contributed by atoms with E-state index >= 15 is 0 Å². The first kappa shape index (κ1) is 37.8. The molecule has 0 atom stereocenters. The van der Waals surface area contributed by atoms with Gasteiger partial charge in [0, 0.05) is 34.4 Å². The molecule has 0 N–H and O–H groups in total. The predicted molar refractivity (Wildman–Crippen MR) is 236 cm³/mol. The molecule has 4 nitrogen and oxygen atoms in total. The summed E-state index contributed by atoms with van der Waals surface area (Å²) in [6.45, 7) is 10.2. The summed E-state index contributed by atoms with van der Waals surface area (Å²) in [5, 5.41) is 4.32. The van der Waals surface area contributed by atoms with Crippen molar-refractivity contribution in [2.75, 3.05) is 0 Å². The Morgan fingerprint density at radius 1 is 0.667 bits per heavy atom. The van der Waals surface area contributed by atoms with Crippen LogP contribution in [0.2, 0.25) is 17.3 Å². The molecule has 1 radical (unpaired) electrons. The molecule has 0 unspecified atom stereocenters. The minimum Gasteiger partial charge on any atom is -0.500 e. The normalized spacial score (nSPS) is 12.9. The van der Waals surface area contributed by atoms with Crippen LogP contribution in [0, 0.1) is 17.5 Å². The van der Waals surface area contributed by atoms with E-state index in [0.717, 1.165) is 60.7 Å². The van der Waals surface area contributed by atoms with Crippen LogP contribution < -0.4 is 4.40 Å². The van der Waals surface area contributed by atoms with E-state index in [1.807, 2.05) is 69.3 Å². The van der Waals surface area contributed by atoms with Gasteiger partial charge in [-0.25, -0.2) is 0 Å². The van der Waals surface area contributed by atoms with E-state index in [-0.39, 0.29) is 25.5 Å². The molecule has 0 aliphatic carbocycles. The number of furan rings is 2. The fraction of sp³-hybridized carbons (Fsp3) is 0.216. The van der Waals surface area contributed by atoms with Gasteiger partial charge in [-0.3, -0.25) is 0 Å². The Balaban J connectivity index is 0.000000180. The molecule has 0 saturated carbocycles. The molecule has 0 amide bonds. The molecule has 0 spiro atoms. The third-order valence-corrected chi connectivity index (χ3v) is 14.6. The maximum Gasteiger partial charge on any atom is 0.120 e. The minimum atomic E-state index is -1.91. The average molecular weight is 988 g/mol. The molecule has 9 aromatic rings. The van der Waals surface area contributed by atoms with E-state index in [1.165, 1.54) is 15.5 Å². The molecule has 0 saturated heterocycles. The van der Waals surface area contributed by atoms with E-state index < -0.39 is 25.1 Å². The van der Waals surface area contributed by atoms with E-state index in [9.17, 15) is 0 Å². The molecule has 0 bridgehead atoms. The Bertz CT molecular complexity index is 2920. The van der Waals surface area contributed by atoms with Crippen molar-refractivity contribution in [1.29, 1.82) is 0 Å². The van der Waals surface area contributed by atoms with Gasteiger partial charge in [0.15, 0.2) is 0 Å². The van der Waals surface area contributed by atoms with Gasteiger partial charge in [0.1, 0.15) is 5.58 Å². The van der Waals surface area contributed by atoms with Crippen LogP contribution in [-0.4, -0.2) is 23.2 Å². The molecular formula is C51H48GeIrN2O2-2. The summed E-state index contributed by atoms with van der Waals surface area (Å²) in [7, 11) is 0. The number of rotatable bonds is 6. The van der Waals surface area contributed by atoms with Crippen molar-refractivity contribution >= 4 is 61.5 Å². The van der Waals surface area contributed by atoms with E-state index in [0.29, 0.717) is 11.3 Å². The summed E-state index contributed by atoms with van der Waals surface area (Å²) in [6.07, 6.45) is 2.26. The van der Waals surface area contributed by atoms with Gasteiger partial charge in [-0.1, -0.05) is 74.2 Å². The summed E-state index contributed by atoms with van der Waals surface area (Å²) < 4.78 is 30.9. The van der Waals surface area contributed by atoms with Crippen molar-refractivity contribution in [2.24, 2.45) is 5.41 Å². The molecule has 4 aromatic heterocycles. The van der Waals surface area contributed by atoms with Gasteiger partial charge in [0.25, 0.3) is 0 Å². The number of benzene rings is 5. The van der Waals surface area contributed by atoms with Crippen molar-refractivity contribution in [3.05, 3.63) is 163 Å². The Morgan fingerprint density at radius 3 is 2.14 bits per heavy atom. The molecular weight excluding hydrogens is 937 g/mol. The third-order valence-electron chi connectivity index (χ3n) is 10.4. The summed E-state index contributed by atoms with van der Waals surface area (Å²) in [5.41, 5.74) is 9.20. The zero-order valence-corrected chi connectivity index (χ0v) is 38.2. The molecule has 57 heavy (non-hydrogen) atoms. The van der Waals surface area contributed by atoms with Crippen molar-refractivity contribution < 1.29 is 31.7 Å². The van der Waals surface area contributed by atoms with E-state index in [1.54, 1.807) is 12.3 Å². The van der Waals surface area contributed by atoms with Gasteiger partial charge in [-0.15, -0.1) is 23.8 Å². The SMILES string of the molecule is CC(C)(c1ccccc1)c1cccc2c1oc1c(-c3cc[c]([Ge]([CH3])([CH3])[CH3])cn3)[c-]ccc12.[2H]C([2H])(c1ccnc(-c2[c-]cc3oc4ccccc4c3c2)c1)C(C)(C)C.[Ir]. The number of pyridine rings is 2. The largest absolute Gasteiger partial charge is 0.500 e. The second-order valence-electron chi connectivity index (χ2n) is 17.1. The van der Waals surface area contributed by atoms with E-state index in [2.05, 4.69) is 121 Å². The molecule has 0 fully saturated rings. The molecule has 6 heteroatoms. The number of aromatic nitrogens is 2. The summed E-state index contributed by atoms with van der Waals surface area (Å²) in [6, 6.07) is 47.5.